The smallest absolute Gasteiger partial charge is 0.225 e. The summed E-state index contributed by atoms with van der Waals surface area (Å²) in [6.07, 6.45) is 8.02. The summed E-state index contributed by atoms with van der Waals surface area (Å²) in [5.74, 6) is 1.21. The highest BCUT2D eigenvalue weighted by Crippen LogP contribution is 2.17. The highest BCUT2D eigenvalue weighted by atomic mass is 15.2. The molecule has 2 rings (SSSR count). The van der Waals surface area contributed by atoms with Crippen LogP contribution in [0.1, 0.15) is 37.8 Å². The van der Waals surface area contributed by atoms with Gasteiger partial charge < -0.3 is 16.0 Å². The first-order valence-corrected chi connectivity index (χ1v) is 7.21. The molecule has 0 spiro atoms. The standard InChI is InChI=1S/C14H24N6/c1-20(2)14-16-9-8-12(19-14)10-17-13(15)18-11-6-4-3-5-7-11/h8-9,11H,3-7,10H2,1-2H3,(H3,15,17,18). The Hall–Kier alpha value is -1.85. The van der Waals surface area contributed by atoms with Crippen molar-refractivity contribution in [3.63, 3.8) is 0 Å². The van der Waals surface area contributed by atoms with Gasteiger partial charge in [-0.05, 0) is 18.9 Å². The van der Waals surface area contributed by atoms with Gasteiger partial charge in [-0.1, -0.05) is 19.3 Å². The summed E-state index contributed by atoms with van der Waals surface area (Å²) in [5.41, 5.74) is 6.81. The molecule has 0 atom stereocenters. The molecule has 0 amide bonds. The number of hydrogen-bond acceptors (Lipinski definition) is 4. The van der Waals surface area contributed by atoms with Crippen LogP contribution in [0.2, 0.25) is 0 Å². The Morgan fingerprint density at radius 2 is 2.15 bits per heavy atom. The van der Waals surface area contributed by atoms with E-state index in [1.165, 1.54) is 32.1 Å². The van der Waals surface area contributed by atoms with Gasteiger partial charge in [0.15, 0.2) is 5.96 Å². The predicted octanol–water partition coefficient (Wildman–Crippen LogP) is 1.28. The van der Waals surface area contributed by atoms with Gasteiger partial charge in [0.1, 0.15) is 0 Å². The second-order valence-corrected chi connectivity index (χ2v) is 5.42. The average molecular weight is 276 g/mol. The van der Waals surface area contributed by atoms with Crippen LogP contribution in [-0.4, -0.2) is 36.1 Å². The third-order valence-corrected chi connectivity index (χ3v) is 3.47. The molecule has 0 bridgehead atoms. The van der Waals surface area contributed by atoms with E-state index in [0.29, 0.717) is 24.5 Å². The number of nitrogens with zero attached hydrogens (tertiary/aromatic N) is 4. The van der Waals surface area contributed by atoms with Gasteiger partial charge in [-0.2, -0.15) is 0 Å². The third kappa shape index (κ3) is 4.36. The number of guanidine groups is 1. The van der Waals surface area contributed by atoms with Crippen molar-refractivity contribution in [2.75, 3.05) is 19.0 Å². The van der Waals surface area contributed by atoms with E-state index in [4.69, 9.17) is 5.73 Å². The van der Waals surface area contributed by atoms with Crippen LogP contribution in [0.15, 0.2) is 17.3 Å². The van der Waals surface area contributed by atoms with E-state index in [1.54, 1.807) is 6.20 Å². The fourth-order valence-corrected chi connectivity index (χ4v) is 2.36. The van der Waals surface area contributed by atoms with Crippen LogP contribution in [0, 0.1) is 0 Å². The summed E-state index contributed by atoms with van der Waals surface area (Å²) in [5, 5.41) is 3.30. The van der Waals surface area contributed by atoms with Crippen molar-refractivity contribution < 1.29 is 0 Å². The van der Waals surface area contributed by atoms with Crippen molar-refractivity contribution in [3.8, 4) is 0 Å². The first-order valence-electron chi connectivity index (χ1n) is 7.21. The Bertz CT molecular complexity index is 451. The van der Waals surface area contributed by atoms with Crippen LogP contribution in [0.5, 0.6) is 0 Å². The quantitative estimate of drug-likeness (QED) is 0.639. The van der Waals surface area contributed by atoms with Gasteiger partial charge >= 0.3 is 0 Å². The van der Waals surface area contributed by atoms with Gasteiger partial charge in [-0.25, -0.2) is 15.0 Å². The minimum absolute atomic E-state index is 0.481. The van der Waals surface area contributed by atoms with Crippen molar-refractivity contribution >= 4 is 11.9 Å². The van der Waals surface area contributed by atoms with E-state index >= 15 is 0 Å². The summed E-state index contributed by atoms with van der Waals surface area (Å²) < 4.78 is 0. The van der Waals surface area contributed by atoms with E-state index in [1.807, 2.05) is 25.1 Å². The Balaban J connectivity index is 1.89. The molecular weight excluding hydrogens is 252 g/mol. The van der Waals surface area contributed by atoms with Crippen molar-refractivity contribution in [1.29, 1.82) is 0 Å². The topological polar surface area (TPSA) is 79.4 Å². The molecule has 0 aliphatic heterocycles. The van der Waals surface area contributed by atoms with Crippen molar-refractivity contribution in [2.45, 2.75) is 44.7 Å². The maximum atomic E-state index is 5.94. The Morgan fingerprint density at radius 3 is 2.85 bits per heavy atom. The van der Waals surface area contributed by atoms with Gasteiger partial charge in [0.2, 0.25) is 5.95 Å². The molecule has 0 saturated heterocycles. The molecule has 6 nitrogen and oxygen atoms in total. The lowest BCUT2D eigenvalue weighted by Crippen LogP contribution is -2.41. The SMILES string of the molecule is CN(C)c1nccc(CN=C(N)NC2CCCCC2)n1. The molecule has 20 heavy (non-hydrogen) atoms. The van der Waals surface area contributed by atoms with E-state index in [9.17, 15) is 0 Å². The zero-order valence-electron chi connectivity index (χ0n) is 12.3. The van der Waals surface area contributed by atoms with Crippen LogP contribution in [-0.2, 0) is 6.54 Å². The number of rotatable bonds is 4. The first kappa shape index (κ1) is 14.6. The van der Waals surface area contributed by atoms with Gasteiger partial charge in [0, 0.05) is 26.3 Å². The van der Waals surface area contributed by atoms with Crippen LogP contribution >= 0.6 is 0 Å². The number of nitrogens with one attached hydrogen (secondary N) is 1. The fourth-order valence-electron chi connectivity index (χ4n) is 2.36. The molecule has 1 aromatic heterocycles. The third-order valence-electron chi connectivity index (χ3n) is 3.47. The molecule has 6 heteroatoms. The predicted molar refractivity (Wildman–Crippen MR) is 81.7 cm³/mol. The molecular formula is C14H24N6. The molecule has 3 N–H and O–H groups in total. The molecule has 1 saturated carbocycles. The largest absolute Gasteiger partial charge is 0.370 e. The first-order chi connectivity index (χ1) is 9.65. The summed E-state index contributed by atoms with van der Waals surface area (Å²) in [7, 11) is 3.84. The van der Waals surface area contributed by atoms with Crippen LogP contribution in [0.25, 0.3) is 0 Å². The maximum absolute atomic E-state index is 5.94. The lowest BCUT2D eigenvalue weighted by molar-refractivity contribution is 0.412. The molecule has 1 aliphatic rings. The lowest BCUT2D eigenvalue weighted by atomic mass is 9.96. The van der Waals surface area contributed by atoms with Crippen molar-refractivity contribution in [3.05, 3.63) is 18.0 Å². The number of aliphatic imine (C=N–C) groups is 1. The molecule has 1 heterocycles. The van der Waals surface area contributed by atoms with Crippen LogP contribution < -0.4 is 16.0 Å². The fraction of sp³-hybridized carbons (Fsp3) is 0.643. The highest BCUT2D eigenvalue weighted by molar-refractivity contribution is 5.78. The van der Waals surface area contributed by atoms with Crippen molar-refractivity contribution in [1.82, 2.24) is 15.3 Å². The zero-order chi connectivity index (χ0) is 14.4. The summed E-state index contributed by atoms with van der Waals surface area (Å²) >= 11 is 0. The summed E-state index contributed by atoms with van der Waals surface area (Å²) in [6.45, 7) is 0.481. The molecule has 0 aromatic carbocycles. The lowest BCUT2D eigenvalue weighted by Gasteiger charge is -2.23. The molecule has 1 aromatic rings. The number of aromatic nitrogens is 2. The summed E-state index contributed by atoms with van der Waals surface area (Å²) in [4.78, 5) is 14.8. The molecule has 1 fully saturated rings. The zero-order valence-corrected chi connectivity index (χ0v) is 12.3. The normalized spacial score (nSPS) is 17.0. The van der Waals surface area contributed by atoms with Gasteiger partial charge in [0.05, 0.1) is 12.2 Å². The molecule has 110 valence electrons. The maximum Gasteiger partial charge on any atom is 0.225 e. The van der Waals surface area contributed by atoms with Gasteiger partial charge in [-0.15, -0.1) is 0 Å². The molecule has 0 unspecified atom stereocenters. The minimum Gasteiger partial charge on any atom is -0.370 e. The minimum atomic E-state index is 0.481. The summed E-state index contributed by atoms with van der Waals surface area (Å²) in [6, 6.07) is 2.35. The second kappa shape index (κ2) is 7.07. The van der Waals surface area contributed by atoms with Crippen LogP contribution in [0.4, 0.5) is 5.95 Å². The average Bonchev–Trinajstić information content (AvgIpc) is 2.46. The second-order valence-electron chi connectivity index (χ2n) is 5.42. The highest BCUT2D eigenvalue weighted by Gasteiger charge is 2.13. The van der Waals surface area contributed by atoms with Crippen molar-refractivity contribution in [2.24, 2.45) is 10.7 Å². The monoisotopic (exact) mass is 276 g/mol. The number of hydrogen-bond donors (Lipinski definition) is 2. The molecule has 1 aliphatic carbocycles. The number of nitrogens with two attached hydrogens (primary N) is 1. The van der Waals surface area contributed by atoms with Gasteiger partial charge in [0.25, 0.3) is 0 Å². The van der Waals surface area contributed by atoms with E-state index < -0.39 is 0 Å². The Morgan fingerprint density at radius 1 is 1.40 bits per heavy atom. The van der Waals surface area contributed by atoms with Gasteiger partial charge in [-0.3, -0.25) is 0 Å². The van der Waals surface area contributed by atoms with E-state index in [-0.39, 0.29) is 0 Å². The molecule has 0 radical (unpaired) electrons. The Kier molecular flexibility index (Phi) is 5.15. The van der Waals surface area contributed by atoms with Crippen LogP contribution in [0.3, 0.4) is 0 Å². The van der Waals surface area contributed by atoms with E-state index in [0.717, 1.165) is 5.69 Å². The van der Waals surface area contributed by atoms with E-state index in [2.05, 4.69) is 20.3 Å². The number of anilines is 1. The Labute approximate surface area is 120 Å².